The van der Waals surface area contributed by atoms with Gasteiger partial charge in [0.05, 0.1) is 24.1 Å². The average molecular weight is 576 g/mol. The van der Waals surface area contributed by atoms with Gasteiger partial charge in [0.1, 0.15) is 0 Å². The van der Waals surface area contributed by atoms with Gasteiger partial charge in [-0.1, -0.05) is 82.7 Å². The predicted octanol–water partition coefficient (Wildman–Crippen LogP) is 8.45. The van der Waals surface area contributed by atoms with Crippen molar-refractivity contribution in [1.29, 1.82) is 0 Å². The number of hydrogen-bond acceptors (Lipinski definition) is 5. The Balaban J connectivity index is 0.000000495. The Labute approximate surface area is 255 Å². The molecule has 3 N–H and O–H groups in total. The SMILES string of the molecule is C/C=C/C.CC.CC.CC12CC=C3C=C4CC(O)CCC4CC[C@]3(O)C1CC=C2c1ccc2cnncc2c1.CNC. The van der Waals surface area contributed by atoms with Gasteiger partial charge in [-0.15, -0.1) is 0 Å². The lowest BCUT2D eigenvalue weighted by Gasteiger charge is -2.48. The lowest BCUT2D eigenvalue weighted by Crippen LogP contribution is -2.48. The molecule has 5 atom stereocenters. The van der Waals surface area contributed by atoms with Crippen LogP contribution in [0.25, 0.3) is 16.3 Å². The molecule has 4 unspecified atom stereocenters. The quantitative estimate of drug-likeness (QED) is 0.297. The van der Waals surface area contributed by atoms with Crippen molar-refractivity contribution in [3.63, 3.8) is 0 Å². The Morgan fingerprint density at radius 2 is 1.57 bits per heavy atom. The maximum atomic E-state index is 12.1. The molecule has 0 radical (unpaired) electrons. The fourth-order valence-electron chi connectivity index (χ4n) is 6.92. The Morgan fingerprint density at radius 3 is 2.21 bits per heavy atom. The standard InChI is InChI=1S/C27H30N2O2.C4H8.C2H7N.2C2H6/c1-26-10-9-22-13-20-14-23(30)5-4-17(20)8-11-27(22,31)25(26)7-6-24(26)18-2-3-19-15-28-29-16-21(19)12-18;1-3-4-2;1-3-2;2*1-2/h2-3,6,9,12-13,15-17,23,25,30-31H,4-5,7-8,10-11,14H2,1H3;3-4H,1-2H3;3H,1-2H3;2*1-2H3/b;4-3+;;;/t17?,23?,25?,26?,27-;;;;/m1..../s1. The molecule has 0 amide bonds. The van der Waals surface area contributed by atoms with E-state index < -0.39 is 5.60 Å². The van der Waals surface area contributed by atoms with Crippen molar-refractivity contribution >= 4 is 16.3 Å². The third-order valence-corrected chi connectivity index (χ3v) is 9.01. The Kier molecular flexibility index (Phi) is 14.3. The summed E-state index contributed by atoms with van der Waals surface area (Å²) in [6, 6.07) is 6.54. The zero-order valence-electron chi connectivity index (χ0n) is 27.7. The third-order valence-electron chi connectivity index (χ3n) is 9.01. The van der Waals surface area contributed by atoms with Gasteiger partial charge in [0.2, 0.25) is 0 Å². The minimum Gasteiger partial charge on any atom is -0.393 e. The van der Waals surface area contributed by atoms with Crippen LogP contribution in [-0.2, 0) is 0 Å². The maximum absolute atomic E-state index is 12.1. The minimum atomic E-state index is -0.789. The van der Waals surface area contributed by atoms with E-state index in [9.17, 15) is 10.2 Å². The molecular weight excluding hydrogens is 518 g/mol. The number of benzene rings is 1. The molecule has 1 heterocycles. The fourth-order valence-corrected chi connectivity index (χ4v) is 6.92. The van der Waals surface area contributed by atoms with Gasteiger partial charge in [-0.25, -0.2) is 0 Å². The molecule has 0 spiro atoms. The smallest absolute Gasteiger partial charge is 0.0933 e. The number of aliphatic hydroxyl groups excluding tert-OH is 1. The van der Waals surface area contributed by atoms with E-state index in [1.165, 1.54) is 16.7 Å². The second kappa shape index (κ2) is 16.9. The summed E-state index contributed by atoms with van der Waals surface area (Å²) in [6.45, 7) is 14.3. The van der Waals surface area contributed by atoms with Gasteiger partial charge >= 0.3 is 0 Å². The Morgan fingerprint density at radius 1 is 0.929 bits per heavy atom. The molecule has 1 aromatic carbocycles. The van der Waals surface area contributed by atoms with Gasteiger partial charge in [-0.05, 0) is 102 Å². The second-order valence-electron chi connectivity index (χ2n) is 11.5. The summed E-state index contributed by atoms with van der Waals surface area (Å²) < 4.78 is 0. The number of aromatic nitrogens is 2. The number of nitrogens with zero attached hydrogens (tertiary/aromatic N) is 2. The first-order valence-corrected chi connectivity index (χ1v) is 16.2. The van der Waals surface area contributed by atoms with E-state index in [0.717, 1.165) is 61.3 Å². The van der Waals surface area contributed by atoms with Crippen molar-refractivity contribution in [2.45, 2.75) is 105 Å². The first-order valence-electron chi connectivity index (χ1n) is 16.2. The molecule has 4 aliphatic carbocycles. The summed E-state index contributed by atoms with van der Waals surface area (Å²) in [5.41, 5.74) is 4.17. The molecule has 1 fully saturated rings. The molecule has 5 nitrogen and oxygen atoms in total. The highest BCUT2D eigenvalue weighted by Crippen LogP contribution is 2.61. The van der Waals surface area contributed by atoms with Crippen LogP contribution in [0, 0.1) is 17.3 Å². The minimum absolute atomic E-state index is 0.0834. The Bertz CT molecular complexity index is 1240. The van der Waals surface area contributed by atoms with E-state index in [4.69, 9.17) is 0 Å². The number of fused-ring (bicyclic) bond motifs is 5. The summed E-state index contributed by atoms with van der Waals surface area (Å²) in [7, 11) is 3.75. The van der Waals surface area contributed by atoms with Gasteiger partial charge in [-0.2, -0.15) is 10.2 Å². The summed E-state index contributed by atoms with van der Waals surface area (Å²) in [5, 5.41) is 35.3. The van der Waals surface area contributed by atoms with E-state index >= 15 is 0 Å². The van der Waals surface area contributed by atoms with Crippen LogP contribution >= 0.6 is 0 Å². The highest BCUT2D eigenvalue weighted by molar-refractivity contribution is 5.86. The van der Waals surface area contributed by atoms with Crippen molar-refractivity contribution in [3.05, 3.63) is 77.7 Å². The molecule has 1 saturated carbocycles. The number of nitrogens with one attached hydrogen (secondary N) is 1. The van der Waals surface area contributed by atoms with Crippen LogP contribution in [0.4, 0.5) is 0 Å². The highest BCUT2D eigenvalue weighted by Gasteiger charge is 2.55. The average Bonchev–Trinajstić information content (AvgIpc) is 3.31. The molecule has 0 saturated heterocycles. The van der Waals surface area contributed by atoms with E-state index in [1.807, 2.05) is 74.0 Å². The monoisotopic (exact) mass is 575 g/mol. The van der Waals surface area contributed by atoms with E-state index in [1.54, 1.807) is 6.20 Å². The van der Waals surface area contributed by atoms with Crippen molar-refractivity contribution < 1.29 is 10.2 Å². The third kappa shape index (κ3) is 7.67. The fraction of sp³-hybridized carbons (Fsp3) is 0.568. The predicted molar refractivity (Wildman–Crippen MR) is 180 cm³/mol. The second-order valence-corrected chi connectivity index (χ2v) is 11.5. The van der Waals surface area contributed by atoms with Crippen LogP contribution in [0.2, 0.25) is 0 Å². The van der Waals surface area contributed by atoms with Gasteiger partial charge in [0.25, 0.3) is 0 Å². The molecule has 6 rings (SSSR count). The number of allylic oxidation sites excluding steroid dienone is 5. The largest absolute Gasteiger partial charge is 0.393 e. The Hall–Kier alpha value is -2.60. The number of aliphatic hydroxyl groups is 2. The normalized spacial score (nSPS) is 29.0. The first kappa shape index (κ1) is 35.6. The van der Waals surface area contributed by atoms with E-state index in [0.29, 0.717) is 5.92 Å². The summed E-state index contributed by atoms with van der Waals surface area (Å²) in [6.07, 6.45) is 20.7. The van der Waals surface area contributed by atoms with Crippen LogP contribution in [0.15, 0.2) is 72.1 Å². The van der Waals surface area contributed by atoms with E-state index in [2.05, 4.69) is 58.9 Å². The van der Waals surface area contributed by atoms with Gasteiger partial charge in [0.15, 0.2) is 0 Å². The van der Waals surface area contributed by atoms with E-state index in [-0.39, 0.29) is 17.4 Å². The molecular formula is C37H57N3O2. The summed E-state index contributed by atoms with van der Waals surface area (Å²) in [4.78, 5) is 0. The van der Waals surface area contributed by atoms with Crippen molar-refractivity contribution in [2.24, 2.45) is 17.3 Å². The summed E-state index contributed by atoms with van der Waals surface area (Å²) >= 11 is 0. The topological polar surface area (TPSA) is 78.3 Å². The zero-order chi connectivity index (χ0) is 31.3. The molecule has 4 aliphatic rings. The molecule has 0 bridgehead atoms. The van der Waals surface area contributed by atoms with Crippen LogP contribution in [-0.4, -0.2) is 46.2 Å². The maximum Gasteiger partial charge on any atom is 0.0933 e. The first-order chi connectivity index (χ1) is 20.3. The van der Waals surface area contributed by atoms with Crippen molar-refractivity contribution in [2.75, 3.05) is 14.1 Å². The molecule has 5 heteroatoms. The number of hydrogen-bond donors (Lipinski definition) is 3. The number of rotatable bonds is 1. The van der Waals surface area contributed by atoms with Gasteiger partial charge < -0.3 is 15.5 Å². The molecule has 232 valence electrons. The molecule has 2 aromatic rings. The molecule has 1 aromatic heterocycles. The van der Waals surface area contributed by atoms with Gasteiger partial charge in [-0.3, -0.25) is 0 Å². The van der Waals surface area contributed by atoms with Crippen LogP contribution < -0.4 is 5.32 Å². The molecule has 0 aliphatic heterocycles. The summed E-state index contributed by atoms with van der Waals surface area (Å²) in [5.74, 6) is 0.698. The van der Waals surface area contributed by atoms with Gasteiger partial charge in [0, 0.05) is 22.1 Å². The van der Waals surface area contributed by atoms with Crippen LogP contribution in [0.3, 0.4) is 0 Å². The van der Waals surface area contributed by atoms with Crippen molar-refractivity contribution in [3.8, 4) is 0 Å². The zero-order valence-corrected chi connectivity index (χ0v) is 27.7. The molecule has 42 heavy (non-hydrogen) atoms. The van der Waals surface area contributed by atoms with Crippen LogP contribution in [0.5, 0.6) is 0 Å². The van der Waals surface area contributed by atoms with Crippen molar-refractivity contribution in [1.82, 2.24) is 15.5 Å². The lowest BCUT2D eigenvalue weighted by molar-refractivity contribution is -0.0330. The van der Waals surface area contributed by atoms with Crippen LogP contribution in [0.1, 0.15) is 99.0 Å². The highest BCUT2D eigenvalue weighted by atomic mass is 16.3. The lowest BCUT2D eigenvalue weighted by atomic mass is 9.58.